The van der Waals surface area contributed by atoms with Gasteiger partial charge in [-0.05, 0) is 36.6 Å². The molecule has 3 N–H and O–H groups in total. The Labute approximate surface area is 130 Å². The Morgan fingerprint density at radius 3 is 2.64 bits per heavy atom. The number of rotatable bonds is 5. The third kappa shape index (κ3) is 3.39. The summed E-state index contributed by atoms with van der Waals surface area (Å²) in [6.07, 6.45) is 2.15. The van der Waals surface area contributed by atoms with E-state index in [-0.39, 0.29) is 5.91 Å². The number of anilines is 2. The van der Waals surface area contributed by atoms with Gasteiger partial charge < -0.3 is 16.0 Å². The average molecular weight is 295 g/mol. The Morgan fingerprint density at radius 2 is 1.95 bits per heavy atom. The minimum absolute atomic E-state index is 0.0373. The van der Waals surface area contributed by atoms with Gasteiger partial charge in [0.2, 0.25) is 0 Å². The minimum atomic E-state index is -0.0373. The number of nitrogens with zero attached hydrogens (tertiary/aromatic N) is 1. The molecular weight excluding hydrogens is 274 g/mol. The number of nitrogens with one attached hydrogen (secondary N) is 1. The summed E-state index contributed by atoms with van der Waals surface area (Å²) in [6.45, 7) is 0.745. The third-order valence-corrected chi connectivity index (χ3v) is 3.85. The zero-order valence-corrected chi connectivity index (χ0v) is 12.8. The van der Waals surface area contributed by atoms with Crippen LogP contribution in [0.25, 0.3) is 0 Å². The van der Waals surface area contributed by atoms with Crippen molar-refractivity contribution < 1.29 is 4.79 Å². The molecule has 22 heavy (non-hydrogen) atoms. The van der Waals surface area contributed by atoms with Gasteiger partial charge in [0, 0.05) is 31.0 Å². The predicted molar refractivity (Wildman–Crippen MR) is 89.9 cm³/mol. The number of benzene rings is 2. The highest BCUT2D eigenvalue weighted by molar-refractivity contribution is 6.01. The SMILES string of the molecule is CN(Cc1ccccc1)c1ccc(N)cc1C(=O)NC1CC1. The van der Waals surface area contributed by atoms with Gasteiger partial charge in [0.05, 0.1) is 5.56 Å². The Hall–Kier alpha value is -2.49. The van der Waals surface area contributed by atoms with Crippen LogP contribution in [0.15, 0.2) is 48.5 Å². The van der Waals surface area contributed by atoms with Crippen molar-refractivity contribution in [1.29, 1.82) is 0 Å². The Balaban J connectivity index is 1.83. The second-order valence-electron chi connectivity index (χ2n) is 5.87. The second kappa shape index (κ2) is 6.10. The van der Waals surface area contributed by atoms with Gasteiger partial charge in [-0.2, -0.15) is 0 Å². The predicted octanol–water partition coefficient (Wildman–Crippen LogP) is 2.80. The molecule has 114 valence electrons. The van der Waals surface area contributed by atoms with E-state index >= 15 is 0 Å². The molecule has 0 spiro atoms. The summed E-state index contributed by atoms with van der Waals surface area (Å²) in [5.74, 6) is -0.0373. The van der Waals surface area contributed by atoms with Crippen LogP contribution >= 0.6 is 0 Å². The molecule has 1 saturated carbocycles. The van der Waals surface area contributed by atoms with Crippen LogP contribution in [0.2, 0.25) is 0 Å². The Morgan fingerprint density at radius 1 is 1.23 bits per heavy atom. The van der Waals surface area contributed by atoms with Crippen LogP contribution in [0.5, 0.6) is 0 Å². The summed E-state index contributed by atoms with van der Waals surface area (Å²) in [5.41, 5.74) is 9.22. The zero-order valence-electron chi connectivity index (χ0n) is 12.8. The Bertz CT molecular complexity index is 665. The van der Waals surface area contributed by atoms with Crippen LogP contribution in [0.1, 0.15) is 28.8 Å². The van der Waals surface area contributed by atoms with Gasteiger partial charge in [0.1, 0.15) is 0 Å². The molecule has 4 heteroatoms. The van der Waals surface area contributed by atoms with Gasteiger partial charge >= 0.3 is 0 Å². The summed E-state index contributed by atoms with van der Waals surface area (Å²) in [5, 5.41) is 3.04. The topological polar surface area (TPSA) is 58.4 Å². The fourth-order valence-corrected chi connectivity index (χ4v) is 2.50. The first-order valence-electron chi connectivity index (χ1n) is 7.59. The first-order chi connectivity index (χ1) is 10.6. The molecule has 0 radical (unpaired) electrons. The molecule has 0 unspecified atom stereocenters. The number of nitrogens with two attached hydrogens (primary N) is 1. The van der Waals surface area contributed by atoms with Gasteiger partial charge in [-0.3, -0.25) is 4.79 Å². The van der Waals surface area contributed by atoms with Gasteiger partial charge in [0.25, 0.3) is 5.91 Å². The first kappa shape index (κ1) is 14.4. The molecule has 0 aromatic heterocycles. The standard InChI is InChI=1S/C18H21N3O/c1-21(12-13-5-3-2-4-6-13)17-10-7-14(19)11-16(17)18(22)20-15-8-9-15/h2-7,10-11,15H,8-9,12,19H2,1H3,(H,20,22). The monoisotopic (exact) mass is 295 g/mol. The maximum absolute atomic E-state index is 12.4. The van der Waals surface area contributed by atoms with E-state index in [1.807, 2.05) is 37.4 Å². The van der Waals surface area contributed by atoms with Gasteiger partial charge in [-0.15, -0.1) is 0 Å². The number of amides is 1. The van der Waals surface area contributed by atoms with Crippen molar-refractivity contribution in [3.63, 3.8) is 0 Å². The Kier molecular flexibility index (Phi) is 4.00. The van der Waals surface area contributed by atoms with Crippen molar-refractivity contribution in [2.45, 2.75) is 25.4 Å². The number of nitrogen functional groups attached to an aromatic ring is 1. The summed E-state index contributed by atoms with van der Waals surface area (Å²) in [6, 6.07) is 16.1. The van der Waals surface area contributed by atoms with Gasteiger partial charge in [-0.25, -0.2) is 0 Å². The van der Waals surface area contributed by atoms with Crippen LogP contribution in [0.4, 0.5) is 11.4 Å². The quantitative estimate of drug-likeness (QED) is 0.834. The molecule has 2 aromatic rings. The molecule has 4 nitrogen and oxygen atoms in total. The van der Waals surface area contributed by atoms with Crippen LogP contribution in [0, 0.1) is 0 Å². The van der Waals surface area contributed by atoms with E-state index < -0.39 is 0 Å². The molecule has 0 aliphatic heterocycles. The number of hydrogen-bond acceptors (Lipinski definition) is 3. The van der Waals surface area contributed by atoms with Crippen molar-refractivity contribution >= 4 is 17.3 Å². The summed E-state index contributed by atoms with van der Waals surface area (Å²) in [4.78, 5) is 14.5. The van der Waals surface area contributed by atoms with E-state index in [9.17, 15) is 4.79 Å². The van der Waals surface area contributed by atoms with Crippen LogP contribution in [-0.4, -0.2) is 19.0 Å². The molecule has 0 saturated heterocycles. The normalized spacial score (nSPS) is 13.7. The smallest absolute Gasteiger partial charge is 0.253 e. The summed E-state index contributed by atoms with van der Waals surface area (Å²) in [7, 11) is 1.99. The van der Waals surface area contributed by atoms with Crippen molar-refractivity contribution in [2.24, 2.45) is 0 Å². The van der Waals surface area contributed by atoms with E-state index in [1.54, 1.807) is 6.07 Å². The molecule has 1 fully saturated rings. The maximum atomic E-state index is 12.4. The fraction of sp³-hybridized carbons (Fsp3) is 0.278. The summed E-state index contributed by atoms with van der Waals surface area (Å²) < 4.78 is 0. The highest BCUT2D eigenvalue weighted by Gasteiger charge is 2.25. The first-order valence-corrected chi connectivity index (χ1v) is 7.59. The molecule has 1 aliphatic rings. The minimum Gasteiger partial charge on any atom is -0.399 e. The molecule has 1 aliphatic carbocycles. The molecule has 2 aromatic carbocycles. The lowest BCUT2D eigenvalue weighted by Crippen LogP contribution is -2.28. The molecule has 0 heterocycles. The van der Waals surface area contributed by atoms with E-state index in [0.29, 0.717) is 17.3 Å². The van der Waals surface area contributed by atoms with Gasteiger partial charge in [-0.1, -0.05) is 30.3 Å². The van der Waals surface area contributed by atoms with E-state index in [1.165, 1.54) is 5.56 Å². The molecule has 3 rings (SSSR count). The lowest BCUT2D eigenvalue weighted by molar-refractivity contribution is 0.0951. The number of carbonyl (C=O) groups is 1. The maximum Gasteiger partial charge on any atom is 0.253 e. The van der Waals surface area contributed by atoms with Crippen molar-refractivity contribution in [3.8, 4) is 0 Å². The molecule has 1 amide bonds. The third-order valence-electron chi connectivity index (χ3n) is 3.85. The lowest BCUT2D eigenvalue weighted by atomic mass is 10.1. The summed E-state index contributed by atoms with van der Waals surface area (Å²) >= 11 is 0. The van der Waals surface area contributed by atoms with E-state index in [0.717, 1.165) is 25.1 Å². The van der Waals surface area contributed by atoms with E-state index in [4.69, 9.17) is 5.73 Å². The van der Waals surface area contributed by atoms with Gasteiger partial charge in [0.15, 0.2) is 0 Å². The van der Waals surface area contributed by atoms with Crippen LogP contribution < -0.4 is 16.0 Å². The van der Waals surface area contributed by atoms with Crippen molar-refractivity contribution in [3.05, 3.63) is 59.7 Å². The highest BCUT2D eigenvalue weighted by Crippen LogP contribution is 2.26. The lowest BCUT2D eigenvalue weighted by Gasteiger charge is -2.22. The number of hydrogen-bond donors (Lipinski definition) is 2. The van der Waals surface area contributed by atoms with Crippen molar-refractivity contribution in [2.75, 3.05) is 17.7 Å². The van der Waals surface area contributed by atoms with E-state index in [2.05, 4.69) is 22.3 Å². The number of carbonyl (C=O) groups excluding carboxylic acids is 1. The fourth-order valence-electron chi connectivity index (χ4n) is 2.50. The largest absolute Gasteiger partial charge is 0.399 e. The van der Waals surface area contributed by atoms with Crippen molar-refractivity contribution in [1.82, 2.24) is 5.32 Å². The van der Waals surface area contributed by atoms with Crippen LogP contribution in [0.3, 0.4) is 0 Å². The molecule has 0 atom stereocenters. The molecular formula is C18H21N3O. The van der Waals surface area contributed by atoms with Crippen LogP contribution in [-0.2, 0) is 6.54 Å². The zero-order chi connectivity index (χ0) is 15.5. The molecule has 0 bridgehead atoms. The average Bonchev–Trinajstić information content (AvgIpc) is 3.32. The highest BCUT2D eigenvalue weighted by atomic mass is 16.1. The second-order valence-corrected chi connectivity index (χ2v) is 5.87.